The monoisotopic (exact) mass is 559 g/mol. The van der Waals surface area contributed by atoms with E-state index in [-0.39, 0.29) is 18.6 Å². The topological polar surface area (TPSA) is 112 Å². The highest BCUT2D eigenvalue weighted by Crippen LogP contribution is 2.19. The molecule has 7 nitrogen and oxygen atoms in total. The number of quaternary nitrogens is 2. The molecule has 0 saturated heterocycles. The number of carbonyl (C=O) groups is 1. The van der Waals surface area contributed by atoms with Gasteiger partial charge in [0.25, 0.3) is 5.91 Å². The first-order valence-electron chi connectivity index (χ1n) is 14.6. The molecule has 41 heavy (non-hydrogen) atoms. The van der Waals surface area contributed by atoms with Gasteiger partial charge in [-0.3, -0.25) is 4.79 Å². The average Bonchev–Trinajstić information content (AvgIpc) is 2.97. The SMILES string of the molecule is Cc1cc2cc(c1)[C@@H](O)[NH2+][C@@H](c1ccccc1)C/C=C/COC[C@@H]([C@H](O)C[NH2+]Cc1cccc(C(C)C)c1)NC2=O. The van der Waals surface area contributed by atoms with Gasteiger partial charge in [0, 0.05) is 28.7 Å². The molecule has 0 unspecified atom stereocenters. The first-order chi connectivity index (χ1) is 19.8. The molecule has 4 atom stereocenters. The van der Waals surface area contributed by atoms with Crippen molar-refractivity contribution < 1.29 is 30.4 Å². The van der Waals surface area contributed by atoms with Crippen LogP contribution < -0.4 is 16.0 Å². The second kappa shape index (κ2) is 15.1. The minimum Gasteiger partial charge on any atom is -0.385 e. The Morgan fingerprint density at radius 2 is 1.83 bits per heavy atom. The van der Waals surface area contributed by atoms with Crippen molar-refractivity contribution in [2.45, 2.75) is 64.1 Å². The number of ether oxygens (including phenoxy) is 1. The van der Waals surface area contributed by atoms with Crippen molar-refractivity contribution in [3.8, 4) is 0 Å². The van der Waals surface area contributed by atoms with E-state index in [0.717, 1.165) is 17.7 Å². The third-order valence-corrected chi connectivity index (χ3v) is 7.60. The standard InChI is InChI=1S/C34H43N3O4/c1-23(2)27-13-9-10-25(18-27)20-35-21-32(38)31-22-41-15-8-7-14-30(26-11-5-4-6-12-26)36-33(39)28-16-24(3)17-29(19-28)34(40)37-31/h4-13,16-19,23,30-33,35-36,38-39H,14-15,20-22H2,1-3H3,(H,37,40)/p+2/b8-7+/t30-,31+,32-,33-/m1/s1. The maximum atomic E-state index is 13.4. The Kier molecular flexibility index (Phi) is 11.2. The van der Waals surface area contributed by atoms with Crippen molar-refractivity contribution in [2.24, 2.45) is 0 Å². The van der Waals surface area contributed by atoms with Crippen LogP contribution in [0.4, 0.5) is 0 Å². The van der Waals surface area contributed by atoms with Crippen LogP contribution in [0.15, 0.2) is 84.9 Å². The number of hydrogen-bond donors (Lipinski definition) is 5. The van der Waals surface area contributed by atoms with Gasteiger partial charge in [-0.2, -0.15) is 0 Å². The van der Waals surface area contributed by atoms with Crippen LogP contribution in [0, 0.1) is 6.92 Å². The number of fused-ring (bicyclic) bond motifs is 2. The summed E-state index contributed by atoms with van der Waals surface area (Å²) in [5.41, 5.74) is 5.60. The van der Waals surface area contributed by atoms with E-state index in [1.54, 1.807) is 12.1 Å². The van der Waals surface area contributed by atoms with Crippen molar-refractivity contribution in [1.82, 2.24) is 5.32 Å². The van der Waals surface area contributed by atoms with Gasteiger partial charge in [-0.15, -0.1) is 0 Å². The minimum absolute atomic E-state index is 0.00305. The molecule has 0 aliphatic carbocycles. The molecule has 7 N–H and O–H groups in total. The first-order valence-corrected chi connectivity index (χ1v) is 14.6. The van der Waals surface area contributed by atoms with E-state index in [1.165, 1.54) is 11.1 Å². The van der Waals surface area contributed by atoms with E-state index < -0.39 is 18.4 Å². The molecule has 3 aromatic carbocycles. The number of nitrogens with two attached hydrogens (primary N) is 2. The molecule has 1 heterocycles. The molecule has 3 aromatic rings. The molecule has 218 valence electrons. The summed E-state index contributed by atoms with van der Waals surface area (Å²) >= 11 is 0. The van der Waals surface area contributed by atoms with E-state index in [0.29, 0.717) is 36.6 Å². The Balaban J connectivity index is 1.49. The fraction of sp³-hybridized carbons (Fsp3) is 0.382. The molecule has 7 heteroatoms. The Morgan fingerprint density at radius 1 is 1.02 bits per heavy atom. The molecule has 0 aromatic heterocycles. The van der Waals surface area contributed by atoms with E-state index in [1.807, 2.05) is 42.6 Å². The summed E-state index contributed by atoms with van der Waals surface area (Å²) in [7, 11) is 0. The summed E-state index contributed by atoms with van der Waals surface area (Å²) in [4.78, 5) is 13.4. The van der Waals surface area contributed by atoms with Crippen LogP contribution in [-0.4, -0.2) is 48.0 Å². The smallest absolute Gasteiger partial charge is 0.251 e. The summed E-state index contributed by atoms with van der Waals surface area (Å²) in [6.07, 6.45) is 3.08. The fourth-order valence-electron chi connectivity index (χ4n) is 5.21. The molecule has 1 amide bonds. The zero-order valence-electron chi connectivity index (χ0n) is 24.4. The van der Waals surface area contributed by atoms with Crippen molar-refractivity contribution in [3.05, 3.63) is 118 Å². The van der Waals surface area contributed by atoms with Gasteiger partial charge in [0.15, 0.2) is 0 Å². The summed E-state index contributed by atoms with van der Waals surface area (Å²) < 4.78 is 5.90. The number of benzene rings is 3. The zero-order chi connectivity index (χ0) is 29.2. The number of amides is 1. The fourth-order valence-corrected chi connectivity index (χ4v) is 5.21. The molecular formula is C34H45N3O4+2. The summed E-state index contributed by atoms with van der Waals surface area (Å²) in [6.45, 7) is 7.97. The lowest BCUT2D eigenvalue weighted by atomic mass is 10.0. The van der Waals surface area contributed by atoms with E-state index in [2.05, 4.69) is 67.0 Å². The lowest BCUT2D eigenvalue weighted by molar-refractivity contribution is -0.766. The van der Waals surface area contributed by atoms with Gasteiger partial charge in [-0.25, -0.2) is 0 Å². The van der Waals surface area contributed by atoms with Crippen molar-refractivity contribution >= 4 is 5.91 Å². The third-order valence-electron chi connectivity index (χ3n) is 7.60. The Morgan fingerprint density at radius 3 is 2.61 bits per heavy atom. The normalized spacial score (nSPS) is 21.9. The predicted octanol–water partition coefficient (Wildman–Crippen LogP) is 2.61. The molecule has 1 aliphatic heterocycles. The number of rotatable bonds is 7. The molecule has 0 radical (unpaired) electrons. The molecule has 0 spiro atoms. The van der Waals surface area contributed by atoms with Crippen molar-refractivity contribution in [1.29, 1.82) is 0 Å². The second-order valence-corrected chi connectivity index (χ2v) is 11.3. The van der Waals surface area contributed by atoms with Crippen LogP contribution in [0.25, 0.3) is 0 Å². The zero-order valence-corrected chi connectivity index (χ0v) is 24.4. The number of aliphatic hydroxyl groups excluding tert-OH is 2. The van der Waals surface area contributed by atoms with Gasteiger partial charge >= 0.3 is 0 Å². The quantitative estimate of drug-likeness (QED) is 0.287. The highest BCUT2D eigenvalue weighted by Gasteiger charge is 2.26. The lowest BCUT2D eigenvalue weighted by Gasteiger charge is -2.23. The van der Waals surface area contributed by atoms with Crippen LogP contribution in [0.3, 0.4) is 0 Å². The van der Waals surface area contributed by atoms with Gasteiger partial charge < -0.3 is 30.9 Å². The number of aliphatic hydroxyl groups is 2. The molecule has 4 rings (SSSR count). The maximum absolute atomic E-state index is 13.4. The Labute approximate surface area is 243 Å². The van der Waals surface area contributed by atoms with Gasteiger partial charge in [-0.05, 0) is 48.2 Å². The van der Waals surface area contributed by atoms with Gasteiger partial charge in [0.05, 0.1) is 19.3 Å². The minimum atomic E-state index is -0.841. The lowest BCUT2D eigenvalue weighted by Crippen LogP contribution is -2.86. The van der Waals surface area contributed by atoms with Crippen LogP contribution in [-0.2, 0) is 11.3 Å². The molecule has 0 fully saturated rings. The van der Waals surface area contributed by atoms with E-state index in [4.69, 9.17) is 4.74 Å². The molecular weight excluding hydrogens is 514 g/mol. The van der Waals surface area contributed by atoms with E-state index in [9.17, 15) is 15.0 Å². The number of aryl methyl sites for hydroxylation is 1. The van der Waals surface area contributed by atoms with Crippen molar-refractivity contribution in [3.63, 3.8) is 0 Å². The Bertz CT molecular complexity index is 1290. The number of hydrogen-bond acceptors (Lipinski definition) is 4. The number of carbonyl (C=O) groups excluding carboxylic acids is 1. The van der Waals surface area contributed by atoms with Crippen LogP contribution in [0.5, 0.6) is 0 Å². The molecule has 2 bridgehead atoms. The van der Waals surface area contributed by atoms with Gasteiger partial charge in [0.2, 0.25) is 6.23 Å². The summed E-state index contributed by atoms with van der Waals surface area (Å²) in [5.74, 6) is 0.158. The van der Waals surface area contributed by atoms with Crippen LogP contribution in [0.2, 0.25) is 0 Å². The summed E-state index contributed by atoms with van der Waals surface area (Å²) in [6, 6.07) is 23.5. The highest BCUT2D eigenvalue weighted by atomic mass is 16.5. The van der Waals surface area contributed by atoms with Gasteiger partial charge in [-0.1, -0.05) is 74.5 Å². The highest BCUT2D eigenvalue weighted by molar-refractivity contribution is 5.94. The van der Waals surface area contributed by atoms with Gasteiger partial charge in [0.1, 0.15) is 25.2 Å². The van der Waals surface area contributed by atoms with Crippen molar-refractivity contribution in [2.75, 3.05) is 19.8 Å². The first kappa shape index (κ1) is 30.6. The maximum Gasteiger partial charge on any atom is 0.251 e. The molecule has 1 aliphatic rings. The summed E-state index contributed by atoms with van der Waals surface area (Å²) in [5, 5.41) is 29.3. The largest absolute Gasteiger partial charge is 0.385 e. The second-order valence-electron chi connectivity index (χ2n) is 11.3. The third kappa shape index (κ3) is 9.08. The molecule has 0 saturated carbocycles. The Hall–Kier alpha value is -3.33. The number of nitrogens with one attached hydrogen (secondary N) is 1. The predicted molar refractivity (Wildman–Crippen MR) is 160 cm³/mol. The van der Waals surface area contributed by atoms with E-state index >= 15 is 0 Å². The van der Waals surface area contributed by atoms with Crippen LogP contribution >= 0.6 is 0 Å². The average molecular weight is 560 g/mol. The van der Waals surface area contributed by atoms with Crippen LogP contribution in [0.1, 0.15) is 76.6 Å².